The van der Waals surface area contributed by atoms with Crippen LogP contribution in [0.3, 0.4) is 0 Å². The molecule has 0 bridgehead atoms. The summed E-state index contributed by atoms with van der Waals surface area (Å²) in [6, 6.07) is 39.6. The summed E-state index contributed by atoms with van der Waals surface area (Å²) < 4.78 is 43.4. The molecule has 5 aromatic rings. The number of carbonyl (C=O) groups is 1. The number of aliphatic hydroxyl groups is 1. The number of aliphatic hydroxyl groups excluding tert-OH is 1. The molecular formula is C58H77N3O6S. The number of aryl methyl sites for hydroxylation is 1. The third kappa shape index (κ3) is 16.2. The van der Waals surface area contributed by atoms with E-state index in [2.05, 4.69) is 78.2 Å². The highest BCUT2D eigenvalue weighted by Gasteiger charge is 2.39. The van der Waals surface area contributed by atoms with E-state index in [1.54, 1.807) is 24.3 Å². The molecule has 68 heavy (non-hydrogen) atoms. The lowest BCUT2D eigenvalue weighted by Crippen LogP contribution is -2.47. The van der Waals surface area contributed by atoms with Gasteiger partial charge in [-0.1, -0.05) is 200 Å². The first-order valence-electron chi connectivity index (χ1n) is 25.4. The van der Waals surface area contributed by atoms with E-state index in [0.29, 0.717) is 0 Å². The van der Waals surface area contributed by atoms with E-state index < -0.39 is 28.3 Å². The van der Waals surface area contributed by atoms with Crippen LogP contribution in [0.1, 0.15) is 144 Å². The zero-order chi connectivity index (χ0) is 48.1. The van der Waals surface area contributed by atoms with Gasteiger partial charge in [0.2, 0.25) is 15.9 Å². The molecule has 9 nitrogen and oxygen atoms in total. The van der Waals surface area contributed by atoms with Crippen molar-refractivity contribution in [1.29, 1.82) is 0 Å². The maximum atomic E-state index is 13.8. The van der Waals surface area contributed by atoms with Gasteiger partial charge in [0.05, 0.1) is 23.7 Å². The first kappa shape index (κ1) is 52.7. The second-order valence-corrected chi connectivity index (χ2v) is 20.6. The lowest BCUT2D eigenvalue weighted by Gasteiger charge is -2.43. The molecule has 1 saturated heterocycles. The summed E-state index contributed by atoms with van der Waals surface area (Å²) >= 11 is 0. The molecule has 0 unspecified atom stereocenters. The van der Waals surface area contributed by atoms with Crippen molar-refractivity contribution >= 4 is 15.9 Å². The van der Waals surface area contributed by atoms with Gasteiger partial charge in [-0.15, -0.1) is 0 Å². The second-order valence-electron chi connectivity index (χ2n) is 18.9. The minimum atomic E-state index is -3.96. The molecule has 1 fully saturated rings. The summed E-state index contributed by atoms with van der Waals surface area (Å²) in [4.78, 5) is 16.5. The van der Waals surface area contributed by atoms with Gasteiger partial charge in [-0.05, 0) is 90.9 Å². The lowest BCUT2D eigenvalue weighted by atomic mass is 9.89. The molecule has 0 radical (unpaired) electrons. The van der Waals surface area contributed by atoms with Gasteiger partial charge in [-0.25, -0.2) is 8.42 Å². The summed E-state index contributed by atoms with van der Waals surface area (Å²) in [7, 11) is -3.96. The van der Waals surface area contributed by atoms with E-state index in [0.717, 1.165) is 64.1 Å². The van der Waals surface area contributed by atoms with Gasteiger partial charge >= 0.3 is 0 Å². The van der Waals surface area contributed by atoms with Crippen LogP contribution < -0.4 is 10.0 Å². The minimum Gasteiger partial charge on any atom is -0.392 e. The fourth-order valence-corrected chi connectivity index (χ4v) is 10.3. The highest BCUT2D eigenvalue weighted by molar-refractivity contribution is 7.89. The number of benzene rings is 5. The Morgan fingerprint density at radius 3 is 1.90 bits per heavy atom. The van der Waals surface area contributed by atoms with E-state index in [-0.39, 0.29) is 42.6 Å². The van der Waals surface area contributed by atoms with Crippen molar-refractivity contribution in [1.82, 2.24) is 14.9 Å². The van der Waals surface area contributed by atoms with Crippen LogP contribution >= 0.6 is 0 Å². The van der Waals surface area contributed by atoms with Gasteiger partial charge in [0.25, 0.3) is 0 Å². The number of nitrogens with one attached hydrogen (secondary N) is 2. The molecule has 1 heterocycles. The third-order valence-corrected chi connectivity index (χ3v) is 14.8. The normalized spacial score (nSPS) is 17.9. The Hall–Kier alpha value is -4.68. The maximum absolute atomic E-state index is 13.8. The number of hydrogen-bond acceptors (Lipinski definition) is 7. The monoisotopic (exact) mass is 944 g/mol. The van der Waals surface area contributed by atoms with Crippen LogP contribution in [-0.4, -0.2) is 56.1 Å². The quantitative estimate of drug-likeness (QED) is 0.0428. The Bertz CT molecular complexity index is 2320. The number of ether oxygens (including phenoxy) is 2. The highest BCUT2D eigenvalue weighted by atomic mass is 32.2. The minimum absolute atomic E-state index is 0.000428. The van der Waals surface area contributed by atoms with E-state index in [9.17, 15) is 18.3 Å². The number of amides is 1. The number of hydrogen-bond donors (Lipinski definition) is 3. The Balaban J connectivity index is 1.15. The molecule has 3 N–H and O–H groups in total. The van der Waals surface area contributed by atoms with Crippen molar-refractivity contribution in [2.75, 3.05) is 19.6 Å². The number of unbranched alkanes of at least 4 members (excludes halogenated alkanes) is 10. The van der Waals surface area contributed by atoms with Crippen molar-refractivity contribution in [3.05, 3.63) is 161 Å². The van der Waals surface area contributed by atoms with E-state index in [4.69, 9.17) is 9.47 Å². The average Bonchev–Trinajstić information content (AvgIpc) is 3.36. The summed E-state index contributed by atoms with van der Waals surface area (Å²) in [6.07, 6.45) is 14.7. The predicted octanol–water partition coefficient (Wildman–Crippen LogP) is 12.2. The van der Waals surface area contributed by atoms with Crippen LogP contribution in [0.25, 0.3) is 11.1 Å². The van der Waals surface area contributed by atoms with Gasteiger partial charge < -0.3 is 24.8 Å². The zero-order valence-electron chi connectivity index (χ0n) is 41.1. The summed E-state index contributed by atoms with van der Waals surface area (Å²) in [5, 5.41) is 12.8. The van der Waals surface area contributed by atoms with Crippen LogP contribution in [0.15, 0.2) is 132 Å². The molecule has 0 saturated carbocycles. The van der Waals surface area contributed by atoms with E-state index >= 15 is 0 Å². The molecule has 366 valence electrons. The van der Waals surface area contributed by atoms with Crippen LogP contribution in [-0.2, 0) is 43.9 Å². The SMILES string of the molecule is CCCCCCCCN(CCCCCCCC)C[C@H]1O[C@@H](c2ccc(-c3cccc(CNC(=O)[C@@H](Cc4ccccc4)NS(=O)(=O)c4ccc(C)cc4)c3)cc2)O[C@@H](c2ccc(CO)cc2)[C@H]1C. The smallest absolute Gasteiger partial charge is 0.241 e. The maximum Gasteiger partial charge on any atom is 0.241 e. The molecule has 6 rings (SSSR count). The predicted molar refractivity (Wildman–Crippen MR) is 275 cm³/mol. The van der Waals surface area contributed by atoms with Crippen LogP contribution in [0.2, 0.25) is 0 Å². The molecule has 1 amide bonds. The first-order chi connectivity index (χ1) is 33.1. The number of carbonyl (C=O) groups excluding carboxylic acids is 1. The molecule has 0 spiro atoms. The number of sulfonamides is 1. The van der Waals surface area contributed by atoms with Gasteiger partial charge in [-0.3, -0.25) is 4.79 Å². The molecule has 0 aliphatic carbocycles. The fraction of sp³-hybridized carbons (Fsp3) is 0.466. The summed E-state index contributed by atoms with van der Waals surface area (Å²) in [5.41, 5.74) is 7.59. The van der Waals surface area contributed by atoms with Crippen LogP contribution in [0.5, 0.6) is 0 Å². The fourth-order valence-electron chi connectivity index (χ4n) is 9.12. The van der Waals surface area contributed by atoms with Crippen molar-refractivity contribution in [3.63, 3.8) is 0 Å². The first-order valence-corrected chi connectivity index (χ1v) is 26.9. The third-order valence-electron chi connectivity index (χ3n) is 13.4. The summed E-state index contributed by atoms with van der Waals surface area (Å²) in [6.45, 7) is 11.9. The molecule has 1 aliphatic heterocycles. The molecular weight excluding hydrogens is 867 g/mol. The van der Waals surface area contributed by atoms with Crippen molar-refractivity contribution in [2.24, 2.45) is 5.92 Å². The Morgan fingerprint density at radius 2 is 1.26 bits per heavy atom. The molecule has 10 heteroatoms. The highest BCUT2D eigenvalue weighted by Crippen LogP contribution is 2.42. The van der Waals surface area contributed by atoms with Gasteiger partial charge in [0.1, 0.15) is 6.04 Å². The molecule has 1 aliphatic rings. The van der Waals surface area contributed by atoms with Gasteiger partial charge in [0, 0.05) is 24.6 Å². The van der Waals surface area contributed by atoms with E-state index in [1.165, 1.54) is 77.0 Å². The van der Waals surface area contributed by atoms with Gasteiger partial charge in [0.15, 0.2) is 6.29 Å². The van der Waals surface area contributed by atoms with Crippen LogP contribution in [0.4, 0.5) is 0 Å². The topological polar surface area (TPSA) is 117 Å². The van der Waals surface area contributed by atoms with Crippen molar-refractivity contribution in [3.8, 4) is 11.1 Å². The molecule has 5 aromatic carbocycles. The zero-order valence-corrected chi connectivity index (χ0v) is 41.9. The van der Waals surface area contributed by atoms with Crippen molar-refractivity contribution < 1.29 is 27.8 Å². The standard InChI is InChI=1S/C58H77N3O6S/c1-5-7-9-11-13-18-37-61(38-19-14-12-10-8-6-2)42-55-45(4)56(50-29-27-47(43-62)28-30-50)67-58(66-55)51-33-31-49(32-34-51)52-24-20-23-48(39-52)41-59-57(63)54(40-46-21-16-15-17-22-46)60-68(64,65)53-35-25-44(3)26-36-53/h15-17,20-36,39,45,54-56,58,60,62H,5-14,18-19,37-38,40-43H2,1-4H3,(H,59,63)/t45-,54+,55+,56+,58+/m0/s1. The Labute approximate surface area is 408 Å². The summed E-state index contributed by atoms with van der Waals surface area (Å²) in [5.74, 6) is -0.303. The Morgan fingerprint density at radius 1 is 0.662 bits per heavy atom. The Kier molecular flexibility index (Phi) is 21.3. The largest absolute Gasteiger partial charge is 0.392 e. The van der Waals surface area contributed by atoms with Gasteiger partial charge in [-0.2, -0.15) is 4.72 Å². The average molecular weight is 944 g/mol. The number of rotatable bonds is 28. The molecule has 5 atom stereocenters. The van der Waals surface area contributed by atoms with Crippen LogP contribution in [0, 0.1) is 12.8 Å². The van der Waals surface area contributed by atoms with Crippen molar-refractivity contribution in [2.45, 2.75) is 154 Å². The second kappa shape index (κ2) is 27.5. The number of nitrogens with zero attached hydrogens (tertiary/aromatic N) is 1. The van der Waals surface area contributed by atoms with E-state index in [1.807, 2.05) is 67.6 Å². The lowest BCUT2D eigenvalue weighted by molar-refractivity contribution is -0.276. The molecule has 0 aromatic heterocycles.